The molecule has 0 fully saturated rings. The van der Waals surface area contributed by atoms with E-state index in [1.807, 2.05) is 17.5 Å². The van der Waals surface area contributed by atoms with Crippen LogP contribution in [-0.2, 0) is 5.75 Å². The van der Waals surface area contributed by atoms with Gasteiger partial charge in [-0.2, -0.15) is 5.26 Å². The Hall–Kier alpha value is -2.69. The molecule has 1 unspecified atom stereocenters. The van der Waals surface area contributed by atoms with Gasteiger partial charge in [0.25, 0.3) is 0 Å². The number of rotatable bonds is 4. The fourth-order valence-corrected chi connectivity index (χ4v) is 4.65. The van der Waals surface area contributed by atoms with E-state index in [0.29, 0.717) is 17.2 Å². The van der Waals surface area contributed by atoms with Crippen LogP contribution in [0.5, 0.6) is 5.88 Å². The largest absolute Gasteiger partial charge is 0.420 e. The number of thiophene rings is 1. The number of allylic oxidation sites excluding steroid dienone is 1. The minimum Gasteiger partial charge on any atom is -0.420 e. The van der Waals surface area contributed by atoms with Gasteiger partial charge in [0.1, 0.15) is 11.6 Å². The predicted molar refractivity (Wildman–Crippen MR) is 103 cm³/mol. The molecule has 0 amide bonds. The van der Waals surface area contributed by atoms with Gasteiger partial charge < -0.3 is 10.5 Å². The number of H-pyrrole nitrogens is 1. The van der Waals surface area contributed by atoms with Gasteiger partial charge in [-0.1, -0.05) is 23.8 Å². The van der Waals surface area contributed by atoms with Gasteiger partial charge in [-0.05, 0) is 30.5 Å². The molecule has 0 radical (unpaired) electrons. The van der Waals surface area contributed by atoms with Crippen LogP contribution in [0.2, 0.25) is 0 Å². The van der Waals surface area contributed by atoms with Crippen molar-refractivity contribution in [2.24, 2.45) is 5.73 Å². The first-order chi connectivity index (χ1) is 12.7. The predicted octanol–water partition coefficient (Wildman–Crippen LogP) is 4.29. The second-order valence-corrected chi connectivity index (χ2v) is 7.99. The molecule has 1 aromatic carbocycles. The van der Waals surface area contributed by atoms with Crippen LogP contribution >= 0.6 is 23.1 Å². The maximum atomic E-state index is 9.62. The van der Waals surface area contributed by atoms with Crippen LogP contribution in [0.25, 0.3) is 0 Å². The summed E-state index contributed by atoms with van der Waals surface area (Å²) < 4.78 is 5.60. The lowest BCUT2D eigenvalue weighted by Gasteiger charge is -2.22. The zero-order valence-corrected chi connectivity index (χ0v) is 15.7. The van der Waals surface area contributed by atoms with Crippen LogP contribution in [0.15, 0.2) is 58.1 Å². The zero-order chi connectivity index (χ0) is 18.1. The fourth-order valence-electron chi connectivity index (χ4n) is 2.95. The van der Waals surface area contributed by atoms with Gasteiger partial charge in [0, 0.05) is 15.5 Å². The monoisotopic (exact) mass is 380 g/mol. The Morgan fingerprint density at radius 3 is 2.85 bits per heavy atom. The highest BCUT2D eigenvalue weighted by Gasteiger charge is 2.35. The van der Waals surface area contributed by atoms with E-state index < -0.39 is 0 Å². The average Bonchev–Trinajstić information content (AvgIpc) is 3.30. The van der Waals surface area contributed by atoms with Crippen molar-refractivity contribution in [2.45, 2.75) is 23.5 Å². The molecule has 3 N–H and O–H groups in total. The summed E-state index contributed by atoms with van der Waals surface area (Å²) in [6.07, 6.45) is 0. The molecule has 26 heavy (non-hydrogen) atoms. The van der Waals surface area contributed by atoms with Crippen LogP contribution in [0, 0.1) is 18.3 Å². The van der Waals surface area contributed by atoms with Gasteiger partial charge in [-0.25, -0.2) is 0 Å². The summed E-state index contributed by atoms with van der Waals surface area (Å²) in [6.45, 7) is 2.07. The maximum Gasteiger partial charge on any atom is 0.244 e. The number of hydrogen-bond acceptors (Lipinski definition) is 6. The highest BCUT2D eigenvalue weighted by Crippen LogP contribution is 2.45. The van der Waals surface area contributed by atoms with E-state index in [-0.39, 0.29) is 11.8 Å². The molecule has 1 aliphatic rings. The van der Waals surface area contributed by atoms with E-state index in [4.69, 9.17) is 10.5 Å². The SMILES string of the molecule is Cc1ccc(SCc2[nH]nc3c2C(c2cccs2)C(C#N)=C(N)O3)cc1. The number of hydrogen-bond donors (Lipinski definition) is 2. The molecule has 0 bridgehead atoms. The molecular weight excluding hydrogens is 364 g/mol. The van der Waals surface area contributed by atoms with E-state index >= 15 is 0 Å². The van der Waals surface area contributed by atoms with Gasteiger partial charge >= 0.3 is 0 Å². The van der Waals surface area contributed by atoms with Gasteiger partial charge in [0.15, 0.2) is 0 Å². The summed E-state index contributed by atoms with van der Waals surface area (Å²) in [5.74, 6) is 1.05. The molecule has 3 aromatic rings. The van der Waals surface area contributed by atoms with Crippen molar-refractivity contribution >= 4 is 23.1 Å². The van der Waals surface area contributed by atoms with Crippen molar-refractivity contribution in [3.8, 4) is 11.9 Å². The van der Waals surface area contributed by atoms with Crippen molar-refractivity contribution in [1.82, 2.24) is 10.2 Å². The van der Waals surface area contributed by atoms with Gasteiger partial charge in [0.2, 0.25) is 11.8 Å². The molecule has 130 valence electrons. The molecule has 4 rings (SSSR count). The van der Waals surface area contributed by atoms with Crippen molar-refractivity contribution in [2.75, 3.05) is 0 Å². The third-order valence-electron chi connectivity index (χ3n) is 4.25. The number of aromatic nitrogens is 2. The van der Waals surface area contributed by atoms with Crippen LogP contribution in [0.3, 0.4) is 0 Å². The Bertz CT molecular complexity index is 997. The molecule has 5 nitrogen and oxygen atoms in total. The second-order valence-electron chi connectivity index (χ2n) is 5.96. The first-order valence-electron chi connectivity index (χ1n) is 8.05. The third kappa shape index (κ3) is 2.98. The molecule has 0 spiro atoms. The van der Waals surface area contributed by atoms with E-state index in [1.165, 1.54) is 10.5 Å². The highest BCUT2D eigenvalue weighted by molar-refractivity contribution is 7.98. The molecule has 2 aromatic heterocycles. The summed E-state index contributed by atoms with van der Waals surface area (Å²) >= 11 is 3.31. The van der Waals surface area contributed by atoms with Crippen molar-refractivity contribution in [1.29, 1.82) is 5.26 Å². The van der Waals surface area contributed by atoms with Gasteiger partial charge in [-0.15, -0.1) is 28.2 Å². The Morgan fingerprint density at radius 1 is 1.35 bits per heavy atom. The molecular formula is C19H16N4OS2. The number of thioether (sulfide) groups is 1. The summed E-state index contributed by atoms with van der Waals surface area (Å²) in [4.78, 5) is 2.23. The summed E-state index contributed by atoms with van der Waals surface area (Å²) in [6, 6.07) is 14.6. The average molecular weight is 380 g/mol. The number of fused-ring (bicyclic) bond motifs is 1. The van der Waals surface area contributed by atoms with Crippen molar-refractivity contribution < 1.29 is 4.74 Å². The normalized spacial score (nSPS) is 16.1. The van der Waals surface area contributed by atoms with Gasteiger partial charge in [-0.3, -0.25) is 5.10 Å². The van der Waals surface area contributed by atoms with Crippen LogP contribution in [-0.4, -0.2) is 10.2 Å². The fraction of sp³-hybridized carbons (Fsp3) is 0.158. The Labute approximate surface area is 159 Å². The number of nitrogens with zero attached hydrogens (tertiary/aromatic N) is 2. The Morgan fingerprint density at radius 2 is 2.15 bits per heavy atom. The van der Waals surface area contributed by atoms with Crippen LogP contribution in [0.4, 0.5) is 0 Å². The maximum absolute atomic E-state index is 9.62. The van der Waals surface area contributed by atoms with E-state index in [9.17, 15) is 5.26 Å². The Kier molecular flexibility index (Phi) is 4.45. The number of nitriles is 1. The minimum absolute atomic E-state index is 0.127. The highest BCUT2D eigenvalue weighted by atomic mass is 32.2. The zero-order valence-electron chi connectivity index (χ0n) is 14.0. The minimum atomic E-state index is -0.240. The number of nitrogens with one attached hydrogen (secondary N) is 1. The lowest BCUT2D eigenvalue weighted by atomic mass is 9.89. The first kappa shape index (κ1) is 16.8. The van der Waals surface area contributed by atoms with E-state index in [2.05, 4.69) is 47.5 Å². The lowest BCUT2D eigenvalue weighted by Crippen LogP contribution is -2.20. The van der Waals surface area contributed by atoms with Crippen molar-refractivity contribution in [3.05, 3.63) is 74.9 Å². The smallest absolute Gasteiger partial charge is 0.244 e. The topological polar surface area (TPSA) is 87.7 Å². The first-order valence-corrected chi connectivity index (χ1v) is 9.91. The second kappa shape index (κ2) is 6.90. The standard InChI is InChI=1S/C19H16N4OS2/c1-11-4-6-12(7-5-11)26-10-14-17-16(15-3-2-8-25-15)13(9-20)18(21)24-19(17)23-22-14/h2-8,16H,10,21H2,1H3,(H,22,23). The lowest BCUT2D eigenvalue weighted by molar-refractivity contribution is 0.379. The van der Waals surface area contributed by atoms with Crippen molar-refractivity contribution in [3.63, 3.8) is 0 Å². The summed E-state index contributed by atoms with van der Waals surface area (Å²) in [5.41, 5.74) is 9.49. The molecule has 1 aliphatic heterocycles. The molecule has 1 atom stereocenters. The number of nitrogens with two attached hydrogens (primary N) is 1. The van der Waals surface area contributed by atoms with Crippen LogP contribution < -0.4 is 10.5 Å². The Balaban J connectivity index is 1.69. The summed E-state index contributed by atoms with van der Waals surface area (Å²) in [5, 5.41) is 19.0. The molecule has 0 saturated carbocycles. The van der Waals surface area contributed by atoms with Gasteiger partial charge in [0.05, 0.1) is 17.2 Å². The van der Waals surface area contributed by atoms with E-state index in [0.717, 1.165) is 16.1 Å². The number of aryl methyl sites for hydroxylation is 1. The quantitative estimate of drug-likeness (QED) is 0.659. The van der Waals surface area contributed by atoms with Crippen LogP contribution in [0.1, 0.15) is 27.6 Å². The molecule has 3 heterocycles. The third-order valence-corrected chi connectivity index (χ3v) is 6.23. The molecule has 0 aliphatic carbocycles. The number of ether oxygens (including phenoxy) is 1. The molecule has 0 saturated heterocycles. The number of benzene rings is 1. The molecule has 7 heteroatoms. The summed E-state index contributed by atoms with van der Waals surface area (Å²) in [7, 11) is 0. The van der Waals surface area contributed by atoms with E-state index in [1.54, 1.807) is 23.1 Å². The number of aromatic amines is 1.